The van der Waals surface area contributed by atoms with Crippen molar-refractivity contribution in [3.63, 3.8) is 0 Å². The van der Waals surface area contributed by atoms with E-state index in [1.54, 1.807) is 12.4 Å². The molecule has 2 aliphatic heterocycles. The summed E-state index contributed by atoms with van der Waals surface area (Å²) in [4.78, 5) is 29.2. The van der Waals surface area contributed by atoms with E-state index < -0.39 is 6.10 Å². The molecule has 180 valence electrons. The molecule has 1 amide bonds. The molecule has 2 aromatic carbocycles. The van der Waals surface area contributed by atoms with E-state index >= 15 is 0 Å². The number of amides is 1. The minimum atomic E-state index is -0.648. The average Bonchev–Trinajstić information content (AvgIpc) is 2.97. The lowest BCUT2D eigenvalue weighted by atomic mass is 9.89. The van der Waals surface area contributed by atoms with Crippen LogP contribution in [0.1, 0.15) is 24.5 Å². The predicted octanol–water partition coefficient (Wildman–Crippen LogP) is 4.75. The van der Waals surface area contributed by atoms with Crippen LogP contribution in [0.4, 0.5) is 0 Å². The molecule has 6 rings (SSSR count). The first-order valence-corrected chi connectivity index (χ1v) is 12.3. The standard InChI is InChI=1S/C29H26N4O3/c34-29(26-19-35-24-10-4-5-11-25(24)36-26)33-16-6-9-22(18-33)27-23(20-7-2-1-3-8-20)17-31-28(32-27)21-12-14-30-15-13-21/h1-5,7-8,10-15,17,22,26H,6,9,16,18-19H2/t22-,26+/m1/s1. The number of para-hydroxylation sites is 2. The molecule has 7 heteroatoms. The molecule has 1 fully saturated rings. The Labute approximate surface area is 209 Å². The van der Waals surface area contributed by atoms with Gasteiger partial charge in [-0.25, -0.2) is 9.97 Å². The third kappa shape index (κ3) is 4.40. The number of hydrogen-bond donors (Lipinski definition) is 0. The van der Waals surface area contributed by atoms with Gasteiger partial charge in [0.25, 0.3) is 5.91 Å². The highest BCUT2D eigenvalue weighted by Crippen LogP contribution is 2.36. The van der Waals surface area contributed by atoms with Crippen LogP contribution in [0, 0.1) is 0 Å². The van der Waals surface area contributed by atoms with Gasteiger partial charge in [-0.1, -0.05) is 42.5 Å². The number of benzene rings is 2. The topological polar surface area (TPSA) is 77.4 Å². The first-order valence-electron chi connectivity index (χ1n) is 12.3. The van der Waals surface area contributed by atoms with Crippen LogP contribution < -0.4 is 9.47 Å². The predicted molar refractivity (Wildman–Crippen MR) is 136 cm³/mol. The summed E-state index contributed by atoms with van der Waals surface area (Å²) in [5.74, 6) is 1.99. The van der Waals surface area contributed by atoms with Crippen LogP contribution >= 0.6 is 0 Å². The van der Waals surface area contributed by atoms with Crippen LogP contribution in [-0.4, -0.2) is 51.6 Å². The van der Waals surface area contributed by atoms with E-state index in [1.165, 1.54) is 0 Å². The number of fused-ring (bicyclic) bond motifs is 1. The van der Waals surface area contributed by atoms with E-state index in [9.17, 15) is 4.79 Å². The van der Waals surface area contributed by atoms with Gasteiger partial charge in [0.05, 0.1) is 5.69 Å². The molecule has 0 saturated carbocycles. The number of rotatable bonds is 4. The van der Waals surface area contributed by atoms with Crippen molar-refractivity contribution in [3.05, 3.63) is 91.0 Å². The van der Waals surface area contributed by atoms with Crippen LogP contribution in [-0.2, 0) is 4.79 Å². The van der Waals surface area contributed by atoms with Crippen molar-refractivity contribution < 1.29 is 14.3 Å². The van der Waals surface area contributed by atoms with Gasteiger partial charge in [-0.15, -0.1) is 0 Å². The highest BCUT2D eigenvalue weighted by Gasteiger charge is 2.35. The second kappa shape index (κ2) is 9.77. The minimum Gasteiger partial charge on any atom is -0.485 e. The average molecular weight is 479 g/mol. The quantitative estimate of drug-likeness (QED) is 0.421. The lowest BCUT2D eigenvalue weighted by Crippen LogP contribution is -2.49. The fraction of sp³-hybridized carbons (Fsp3) is 0.241. The van der Waals surface area contributed by atoms with Crippen LogP contribution in [0.3, 0.4) is 0 Å². The SMILES string of the molecule is O=C([C@@H]1COc2ccccc2O1)N1CCC[C@@H](c2nc(-c3ccncc3)ncc2-c2ccccc2)C1. The summed E-state index contributed by atoms with van der Waals surface area (Å²) in [5.41, 5.74) is 3.95. The van der Waals surface area contributed by atoms with E-state index in [-0.39, 0.29) is 18.4 Å². The van der Waals surface area contributed by atoms with E-state index in [0.717, 1.165) is 35.2 Å². The van der Waals surface area contributed by atoms with E-state index in [2.05, 4.69) is 22.1 Å². The molecule has 7 nitrogen and oxygen atoms in total. The monoisotopic (exact) mass is 478 g/mol. The molecule has 0 aliphatic carbocycles. The first-order chi connectivity index (χ1) is 17.8. The zero-order valence-electron chi connectivity index (χ0n) is 19.8. The Kier molecular flexibility index (Phi) is 6.03. The zero-order chi connectivity index (χ0) is 24.3. The maximum absolute atomic E-state index is 13.5. The Balaban J connectivity index is 1.29. The summed E-state index contributed by atoms with van der Waals surface area (Å²) in [5, 5.41) is 0. The third-order valence-electron chi connectivity index (χ3n) is 6.75. The van der Waals surface area contributed by atoms with Crippen LogP contribution in [0.15, 0.2) is 85.3 Å². The maximum atomic E-state index is 13.5. The van der Waals surface area contributed by atoms with E-state index in [4.69, 9.17) is 14.5 Å². The number of likely N-dealkylation sites (tertiary alicyclic amines) is 1. The Hall–Kier alpha value is -4.26. The Morgan fingerprint density at radius 3 is 2.53 bits per heavy atom. The third-order valence-corrected chi connectivity index (χ3v) is 6.75. The van der Waals surface area contributed by atoms with Gasteiger partial charge >= 0.3 is 0 Å². The smallest absolute Gasteiger partial charge is 0.267 e. The van der Waals surface area contributed by atoms with Gasteiger partial charge in [0, 0.05) is 48.7 Å². The number of ether oxygens (including phenoxy) is 2. The van der Waals surface area contributed by atoms with Crippen molar-refractivity contribution in [1.29, 1.82) is 0 Å². The van der Waals surface area contributed by atoms with Gasteiger partial charge < -0.3 is 14.4 Å². The summed E-state index contributed by atoms with van der Waals surface area (Å²) >= 11 is 0. The summed E-state index contributed by atoms with van der Waals surface area (Å²) < 4.78 is 11.8. The van der Waals surface area contributed by atoms with Gasteiger partial charge in [0.15, 0.2) is 17.3 Å². The Bertz CT molecular complexity index is 1360. The summed E-state index contributed by atoms with van der Waals surface area (Å²) in [7, 11) is 0. The number of carbonyl (C=O) groups excluding carboxylic acids is 1. The molecule has 4 heterocycles. The second-order valence-corrected chi connectivity index (χ2v) is 9.08. The second-order valence-electron chi connectivity index (χ2n) is 9.08. The Morgan fingerprint density at radius 1 is 0.917 bits per heavy atom. The van der Waals surface area contributed by atoms with Gasteiger partial charge in [0.1, 0.15) is 6.61 Å². The largest absolute Gasteiger partial charge is 0.485 e. The lowest BCUT2D eigenvalue weighted by molar-refractivity contribution is -0.142. The normalized spacial score (nSPS) is 19.1. The molecular formula is C29H26N4O3. The zero-order valence-corrected chi connectivity index (χ0v) is 19.8. The molecule has 0 bridgehead atoms. The fourth-order valence-electron chi connectivity index (χ4n) is 4.93. The molecule has 0 N–H and O–H groups in total. The van der Waals surface area contributed by atoms with Crippen molar-refractivity contribution in [2.45, 2.75) is 24.9 Å². The van der Waals surface area contributed by atoms with Crippen LogP contribution in [0.5, 0.6) is 11.5 Å². The number of aromatic nitrogens is 3. The van der Waals surface area contributed by atoms with Crippen molar-refractivity contribution >= 4 is 5.91 Å². The molecule has 2 aliphatic rings. The number of hydrogen-bond acceptors (Lipinski definition) is 6. The van der Waals surface area contributed by atoms with Gasteiger partial charge in [-0.3, -0.25) is 9.78 Å². The number of pyridine rings is 1. The first kappa shape index (κ1) is 22.2. The number of carbonyl (C=O) groups is 1. The van der Waals surface area contributed by atoms with Gasteiger partial charge in [0.2, 0.25) is 6.10 Å². The number of nitrogens with zero attached hydrogens (tertiary/aromatic N) is 4. The molecule has 0 radical (unpaired) electrons. The fourth-order valence-corrected chi connectivity index (χ4v) is 4.93. The molecule has 0 unspecified atom stereocenters. The molecule has 2 aromatic heterocycles. The highest BCUT2D eigenvalue weighted by atomic mass is 16.6. The lowest BCUT2D eigenvalue weighted by Gasteiger charge is -2.36. The summed E-state index contributed by atoms with van der Waals surface area (Å²) in [6, 6.07) is 21.5. The number of piperidine rings is 1. The Morgan fingerprint density at radius 2 is 1.69 bits per heavy atom. The van der Waals surface area contributed by atoms with Crippen molar-refractivity contribution in [2.75, 3.05) is 19.7 Å². The molecule has 4 aromatic rings. The summed E-state index contributed by atoms with van der Waals surface area (Å²) in [6.07, 6.45) is 6.59. The van der Waals surface area contributed by atoms with E-state index in [0.29, 0.717) is 30.4 Å². The van der Waals surface area contributed by atoms with Gasteiger partial charge in [-0.05, 0) is 42.7 Å². The molecule has 2 atom stereocenters. The molecule has 36 heavy (non-hydrogen) atoms. The van der Waals surface area contributed by atoms with Gasteiger partial charge in [-0.2, -0.15) is 0 Å². The molecular weight excluding hydrogens is 452 g/mol. The van der Waals surface area contributed by atoms with E-state index in [1.807, 2.05) is 65.7 Å². The molecule has 1 saturated heterocycles. The summed E-state index contributed by atoms with van der Waals surface area (Å²) in [6.45, 7) is 1.48. The van der Waals surface area contributed by atoms with Crippen molar-refractivity contribution in [2.24, 2.45) is 0 Å². The maximum Gasteiger partial charge on any atom is 0.267 e. The van der Waals surface area contributed by atoms with Crippen LogP contribution in [0.25, 0.3) is 22.5 Å². The minimum absolute atomic E-state index is 0.0427. The highest BCUT2D eigenvalue weighted by molar-refractivity contribution is 5.82. The molecule has 0 spiro atoms. The van der Waals surface area contributed by atoms with Crippen LogP contribution in [0.2, 0.25) is 0 Å². The van der Waals surface area contributed by atoms with Crippen molar-refractivity contribution in [1.82, 2.24) is 19.9 Å². The van der Waals surface area contributed by atoms with Crippen molar-refractivity contribution in [3.8, 4) is 34.0 Å².